The number of hydrogen-bond donors (Lipinski definition) is 6. The lowest BCUT2D eigenvalue weighted by Crippen LogP contribution is -2.39. The highest BCUT2D eigenvalue weighted by Crippen LogP contribution is 1.85. The van der Waals surface area contributed by atoms with Gasteiger partial charge in [0, 0.05) is 51.4 Å². The summed E-state index contributed by atoms with van der Waals surface area (Å²) in [6.07, 6.45) is 2.45. The topological polar surface area (TPSA) is 103 Å². The normalized spacial score (nSPS) is 12.7. The fourth-order valence-electron chi connectivity index (χ4n) is 1.66. The van der Waals surface area contributed by atoms with Crippen molar-refractivity contribution in [3.63, 3.8) is 0 Å². The van der Waals surface area contributed by atoms with Gasteiger partial charge < -0.3 is 32.7 Å². The van der Waals surface area contributed by atoms with Crippen LogP contribution in [0.25, 0.3) is 0 Å². The molecule has 26 heavy (non-hydrogen) atoms. The van der Waals surface area contributed by atoms with Crippen molar-refractivity contribution < 1.29 is 0 Å². The Hall–Kier alpha value is -0.280. The summed E-state index contributed by atoms with van der Waals surface area (Å²) in [6, 6.07) is 0.259. The van der Waals surface area contributed by atoms with E-state index in [-0.39, 0.29) is 12.1 Å². The molecular formula is C19H51N7. The second-order valence-corrected chi connectivity index (χ2v) is 6.62. The third kappa shape index (κ3) is 31.5. The summed E-state index contributed by atoms with van der Waals surface area (Å²) in [5.74, 6) is 0. The molecule has 0 aromatic rings. The van der Waals surface area contributed by atoms with Crippen LogP contribution < -0.4 is 32.7 Å². The molecule has 2 unspecified atom stereocenters. The number of hydrogen-bond acceptors (Lipinski definition) is 7. The Morgan fingerprint density at radius 1 is 0.654 bits per heavy atom. The van der Waals surface area contributed by atoms with Crippen LogP contribution in [0.3, 0.4) is 0 Å². The highest BCUT2D eigenvalue weighted by Gasteiger charge is 2.02. The standard InChI is InChI=1S/C11H28N4.C4H12N2.C4H11N/c1-4-5-14-8-11-15(9-6-12-2)10-7-13-3;1-3(5)4(2)6;1-3-4-5-2/h12-14H,4-11H2,1-3H3;3-4H,5-6H2,1-2H3;5H,3-4H2,1-2H3. The largest absolute Gasteiger partial charge is 0.327 e. The first-order chi connectivity index (χ1) is 12.4. The maximum Gasteiger partial charge on any atom is 0.0160 e. The van der Waals surface area contributed by atoms with Gasteiger partial charge in [-0.05, 0) is 60.9 Å². The lowest BCUT2D eigenvalue weighted by atomic mass is 10.2. The van der Waals surface area contributed by atoms with E-state index < -0.39 is 0 Å². The van der Waals surface area contributed by atoms with Gasteiger partial charge in [0.15, 0.2) is 0 Å². The fraction of sp³-hybridized carbons (Fsp3) is 1.00. The van der Waals surface area contributed by atoms with Crippen molar-refractivity contribution in [1.29, 1.82) is 0 Å². The molecule has 7 heteroatoms. The smallest absolute Gasteiger partial charge is 0.0160 e. The predicted octanol–water partition coefficient (Wildman–Crippen LogP) is 0.0234. The lowest BCUT2D eigenvalue weighted by Gasteiger charge is -2.22. The first kappa shape index (κ1) is 30.4. The summed E-state index contributed by atoms with van der Waals surface area (Å²) >= 11 is 0. The van der Waals surface area contributed by atoms with E-state index in [1.807, 2.05) is 35.0 Å². The summed E-state index contributed by atoms with van der Waals surface area (Å²) in [6.45, 7) is 17.0. The maximum absolute atomic E-state index is 5.31. The summed E-state index contributed by atoms with van der Waals surface area (Å²) in [5.41, 5.74) is 10.6. The molecule has 2 atom stereocenters. The van der Waals surface area contributed by atoms with E-state index in [1.165, 1.54) is 12.8 Å². The summed E-state index contributed by atoms with van der Waals surface area (Å²) < 4.78 is 0. The van der Waals surface area contributed by atoms with Crippen molar-refractivity contribution in [2.24, 2.45) is 11.5 Å². The van der Waals surface area contributed by atoms with E-state index in [0.717, 1.165) is 52.4 Å². The van der Waals surface area contributed by atoms with Gasteiger partial charge in [-0.3, -0.25) is 4.90 Å². The second kappa shape index (κ2) is 26.9. The number of nitrogens with one attached hydrogen (secondary N) is 4. The molecule has 0 heterocycles. The van der Waals surface area contributed by atoms with Crippen molar-refractivity contribution in [1.82, 2.24) is 26.2 Å². The van der Waals surface area contributed by atoms with Gasteiger partial charge in [-0.25, -0.2) is 0 Å². The molecule has 0 rings (SSSR count). The van der Waals surface area contributed by atoms with Crippen molar-refractivity contribution in [2.75, 3.05) is 73.5 Å². The van der Waals surface area contributed by atoms with Crippen LogP contribution in [0.4, 0.5) is 0 Å². The Labute approximate surface area is 164 Å². The van der Waals surface area contributed by atoms with Crippen LogP contribution in [0.1, 0.15) is 40.5 Å². The van der Waals surface area contributed by atoms with Crippen LogP contribution in [-0.4, -0.2) is 90.5 Å². The zero-order valence-electron chi connectivity index (χ0n) is 18.8. The predicted molar refractivity (Wildman–Crippen MR) is 119 cm³/mol. The third-order valence-electron chi connectivity index (χ3n) is 3.72. The first-order valence-corrected chi connectivity index (χ1v) is 10.3. The minimum absolute atomic E-state index is 0.130. The van der Waals surface area contributed by atoms with Gasteiger partial charge in [0.25, 0.3) is 0 Å². The second-order valence-electron chi connectivity index (χ2n) is 6.62. The van der Waals surface area contributed by atoms with Gasteiger partial charge in [0.05, 0.1) is 0 Å². The van der Waals surface area contributed by atoms with E-state index in [9.17, 15) is 0 Å². The Balaban J connectivity index is -0.000000394. The molecule has 0 aliphatic heterocycles. The molecular weight excluding hydrogens is 326 g/mol. The Kier molecular flexibility index (Phi) is 31.6. The zero-order chi connectivity index (χ0) is 20.6. The van der Waals surface area contributed by atoms with Gasteiger partial charge >= 0.3 is 0 Å². The molecule has 0 aliphatic carbocycles. The quantitative estimate of drug-likeness (QED) is 0.237. The number of rotatable bonds is 14. The molecule has 0 radical (unpaired) electrons. The third-order valence-corrected chi connectivity index (χ3v) is 3.72. The van der Waals surface area contributed by atoms with Crippen molar-refractivity contribution >= 4 is 0 Å². The zero-order valence-corrected chi connectivity index (χ0v) is 18.8. The van der Waals surface area contributed by atoms with Gasteiger partial charge in [-0.15, -0.1) is 0 Å². The molecule has 0 bridgehead atoms. The summed E-state index contributed by atoms with van der Waals surface area (Å²) in [7, 11) is 5.97. The fourth-order valence-corrected chi connectivity index (χ4v) is 1.66. The SMILES string of the molecule is CC(N)C(C)N.CCCNC.CCCNCCN(CCNC)CCNC. The van der Waals surface area contributed by atoms with Crippen LogP contribution in [-0.2, 0) is 0 Å². The monoisotopic (exact) mass is 377 g/mol. The van der Waals surface area contributed by atoms with Crippen molar-refractivity contribution in [3.05, 3.63) is 0 Å². The van der Waals surface area contributed by atoms with Crippen LogP contribution in [0.5, 0.6) is 0 Å². The molecule has 0 amide bonds. The molecule has 0 fully saturated rings. The Morgan fingerprint density at radius 2 is 1.04 bits per heavy atom. The number of nitrogens with two attached hydrogens (primary N) is 2. The minimum Gasteiger partial charge on any atom is -0.327 e. The van der Waals surface area contributed by atoms with Crippen LogP contribution >= 0.6 is 0 Å². The van der Waals surface area contributed by atoms with Gasteiger partial charge in [0.2, 0.25) is 0 Å². The average Bonchev–Trinajstić information content (AvgIpc) is 2.62. The minimum atomic E-state index is 0.130. The highest BCUT2D eigenvalue weighted by atomic mass is 15.2. The Morgan fingerprint density at radius 3 is 1.31 bits per heavy atom. The molecule has 7 nitrogen and oxygen atoms in total. The van der Waals surface area contributed by atoms with E-state index in [2.05, 4.69) is 40.0 Å². The molecule has 8 N–H and O–H groups in total. The average molecular weight is 378 g/mol. The molecule has 0 saturated carbocycles. The molecule has 162 valence electrons. The van der Waals surface area contributed by atoms with Crippen LogP contribution in [0.2, 0.25) is 0 Å². The Bertz CT molecular complexity index is 210. The van der Waals surface area contributed by atoms with Gasteiger partial charge in [-0.1, -0.05) is 13.8 Å². The maximum atomic E-state index is 5.31. The first-order valence-electron chi connectivity index (χ1n) is 10.3. The van der Waals surface area contributed by atoms with E-state index >= 15 is 0 Å². The van der Waals surface area contributed by atoms with Crippen molar-refractivity contribution in [3.8, 4) is 0 Å². The molecule has 0 aliphatic rings. The molecule has 0 spiro atoms. The summed E-state index contributed by atoms with van der Waals surface area (Å²) in [5, 5.41) is 12.8. The van der Waals surface area contributed by atoms with E-state index in [0.29, 0.717) is 0 Å². The molecule has 0 saturated heterocycles. The summed E-state index contributed by atoms with van der Waals surface area (Å²) in [4.78, 5) is 2.48. The van der Waals surface area contributed by atoms with Gasteiger partial charge in [0.1, 0.15) is 0 Å². The van der Waals surface area contributed by atoms with E-state index in [4.69, 9.17) is 11.5 Å². The number of likely N-dealkylation sites (N-methyl/N-ethyl adjacent to an activating group) is 2. The van der Waals surface area contributed by atoms with E-state index in [1.54, 1.807) is 0 Å². The van der Waals surface area contributed by atoms with Crippen LogP contribution in [0, 0.1) is 0 Å². The van der Waals surface area contributed by atoms with Crippen LogP contribution in [0.15, 0.2) is 0 Å². The lowest BCUT2D eigenvalue weighted by molar-refractivity contribution is 0.276. The van der Waals surface area contributed by atoms with Crippen molar-refractivity contribution in [2.45, 2.75) is 52.6 Å². The molecule has 0 aromatic heterocycles. The molecule has 0 aromatic carbocycles. The van der Waals surface area contributed by atoms with Gasteiger partial charge in [-0.2, -0.15) is 0 Å². The number of nitrogens with zero attached hydrogens (tertiary/aromatic N) is 1. The highest BCUT2D eigenvalue weighted by molar-refractivity contribution is 4.63.